The minimum absolute atomic E-state index is 0.0921. The minimum Gasteiger partial charge on any atom is -0.478 e. The van der Waals surface area contributed by atoms with Crippen molar-refractivity contribution in [2.75, 3.05) is 19.8 Å². The molecule has 9 heteroatoms. The van der Waals surface area contributed by atoms with E-state index in [4.69, 9.17) is 38.1 Å². The Morgan fingerprint density at radius 2 is 2.10 bits per heavy atom. The predicted octanol–water partition coefficient (Wildman–Crippen LogP) is 6.79. The van der Waals surface area contributed by atoms with E-state index in [2.05, 4.69) is 21.3 Å². The third-order valence-electron chi connectivity index (χ3n) is 4.82. The summed E-state index contributed by atoms with van der Waals surface area (Å²) in [6, 6.07) is 4.77. The van der Waals surface area contributed by atoms with E-state index < -0.39 is 11.9 Å². The highest BCUT2D eigenvalue weighted by Gasteiger charge is 2.23. The summed E-state index contributed by atoms with van der Waals surface area (Å²) in [4.78, 5) is 7.62. The van der Waals surface area contributed by atoms with Gasteiger partial charge in [0.15, 0.2) is 11.4 Å². The van der Waals surface area contributed by atoms with Gasteiger partial charge in [0.1, 0.15) is 11.9 Å². The van der Waals surface area contributed by atoms with Gasteiger partial charge in [-0.15, -0.1) is 11.3 Å². The highest BCUT2D eigenvalue weighted by atomic mass is 35.5. The average Bonchev–Trinajstić information content (AvgIpc) is 3.33. The number of anilines is 1. The predicted molar refractivity (Wildman–Crippen MR) is 125 cm³/mol. The van der Waals surface area contributed by atoms with Crippen LogP contribution in [0, 0.1) is 5.82 Å². The summed E-state index contributed by atoms with van der Waals surface area (Å²) in [6.07, 6.45) is 2.63. The molecule has 5 nitrogen and oxygen atoms in total. The number of fused-ring (bicyclic) bond motifs is 1. The Balaban J connectivity index is 1.72. The molecule has 1 aromatic carbocycles. The van der Waals surface area contributed by atoms with Crippen LogP contribution in [0.2, 0.25) is 10.0 Å². The van der Waals surface area contributed by atoms with E-state index in [0.29, 0.717) is 16.2 Å². The first-order chi connectivity index (χ1) is 14.8. The molecule has 0 aliphatic rings. The lowest BCUT2D eigenvalue weighted by Gasteiger charge is -2.18. The number of nitrogen functional groups attached to an aromatic ring is 1. The van der Waals surface area contributed by atoms with Crippen molar-refractivity contribution in [1.29, 1.82) is 0 Å². The number of hydrogen-bond acceptors (Lipinski definition) is 6. The van der Waals surface area contributed by atoms with Gasteiger partial charge >= 0.3 is 0 Å². The molecule has 31 heavy (non-hydrogen) atoms. The quantitative estimate of drug-likeness (QED) is 0.308. The van der Waals surface area contributed by atoms with Gasteiger partial charge in [-0.3, -0.25) is 0 Å². The molecule has 3 heterocycles. The van der Waals surface area contributed by atoms with Gasteiger partial charge in [-0.2, -0.15) is 0 Å². The molecule has 0 spiro atoms. The smallest absolute Gasteiger partial charge is 0.205 e. The zero-order chi connectivity index (χ0) is 22.3. The number of ether oxygens (including phenoxy) is 1. The summed E-state index contributed by atoms with van der Waals surface area (Å²) in [7, 11) is 4.06. The van der Waals surface area contributed by atoms with E-state index in [0.717, 1.165) is 23.1 Å². The summed E-state index contributed by atoms with van der Waals surface area (Å²) >= 11 is 14.0. The largest absolute Gasteiger partial charge is 0.478 e. The number of hydrogen-bond donors (Lipinski definition) is 1. The minimum atomic E-state index is -0.688. The number of thiophene rings is 1. The first-order valence-electron chi connectivity index (χ1n) is 9.44. The van der Waals surface area contributed by atoms with Crippen molar-refractivity contribution in [2.45, 2.75) is 19.6 Å². The third kappa shape index (κ3) is 4.23. The number of halogens is 3. The Kier molecular flexibility index (Phi) is 6.12. The van der Waals surface area contributed by atoms with Crippen LogP contribution >= 0.6 is 34.5 Å². The summed E-state index contributed by atoms with van der Waals surface area (Å²) in [5.41, 5.74) is 8.80. The summed E-state index contributed by atoms with van der Waals surface area (Å²) in [6.45, 7) is 2.56. The van der Waals surface area contributed by atoms with Crippen LogP contribution in [0.5, 0.6) is 5.75 Å². The standard InChI is InChI=1S/C22H20Cl2FN3O2S/c1-11(18-16(23)4-5-17(25)19(18)24)30-21-20-14(7-27-22(21)26)15(9-29-20)12-6-13(31-10-12)8-28(2)3/h4-7,9-11H,8H2,1-3H3,(H2,26,27)/t11-/m1/s1. The van der Waals surface area contributed by atoms with Gasteiger partial charge in [0.05, 0.1) is 16.7 Å². The van der Waals surface area contributed by atoms with E-state index in [-0.39, 0.29) is 16.6 Å². The molecular formula is C22H20Cl2FN3O2S. The monoisotopic (exact) mass is 479 g/mol. The lowest BCUT2D eigenvalue weighted by atomic mass is 10.1. The molecule has 2 N–H and O–H groups in total. The first-order valence-corrected chi connectivity index (χ1v) is 11.1. The van der Waals surface area contributed by atoms with Gasteiger partial charge in [0, 0.05) is 33.8 Å². The van der Waals surface area contributed by atoms with Gasteiger partial charge < -0.3 is 19.8 Å². The summed E-state index contributed by atoms with van der Waals surface area (Å²) in [5.74, 6) is -0.161. The lowest BCUT2D eigenvalue weighted by Crippen LogP contribution is -2.09. The van der Waals surface area contributed by atoms with E-state index in [1.807, 2.05) is 14.1 Å². The van der Waals surface area contributed by atoms with Crippen LogP contribution in [0.4, 0.5) is 10.2 Å². The second-order valence-corrected chi connectivity index (χ2v) is 9.20. The molecule has 4 rings (SSSR count). The maximum atomic E-state index is 14.0. The zero-order valence-corrected chi connectivity index (χ0v) is 19.4. The van der Waals surface area contributed by atoms with Crippen molar-refractivity contribution >= 4 is 51.3 Å². The molecule has 1 atom stereocenters. The lowest BCUT2D eigenvalue weighted by molar-refractivity contribution is 0.227. The third-order valence-corrected chi connectivity index (χ3v) is 6.45. The van der Waals surface area contributed by atoms with Crippen LogP contribution in [0.1, 0.15) is 23.5 Å². The maximum absolute atomic E-state index is 14.0. The molecule has 0 fully saturated rings. The summed E-state index contributed by atoms with van der Waals surface area (Å²) in [5, 5.41) is 3.05. The molecule has 0 unspecified atom stereocenters. The van der Waals surface area contributed by atoms with Gasteiger partial charge in [-0.1, -0.05) is 23.2 Å². The van der Waals surface area contributed by atoms with Gasteiger partial charge in [-0.25, -0.2) is 9.37 Å². The number of rotatable bonds is 6. The van der Waals surface area contributed by atoms with Crippen LogP contribution in [0.25, 0.3) is 22.1 Å². The average molecular weight is 480 g/mol. The Labute approximate surface area is 193 Å². The Bertz CT molecular complexity index is 1260. The van der Waals surface area contributed by atoms with Gasteiger partial charge in [-0.05, 0) is 50.2 Å². The number of nitrogens with two attached hydrogens (primary N) is 1. The second-order valence-electron chi connectivity index (χ2n) is 7.42. The number of aromatic nitrogens is 1. The molecule has 0 saturated carbocycles. The number of furan rings is 1. The molecule has 0 saturated heterocycles. The molecule has 0 aliphatic carbocycles. The van der Waals surface area contributed by atoms with Crippen molar-refractivity contribution < 1.29 is 13.5 Å². The summed E-state index contributed by atoms with van der Waals surface area (Å²) < 4.78 is 25.8. The molecular weight excluding hydrogens is 460 g/mol. The maximum Gasteiger partial charge on any atom is 0.205 e. The van der Waals surface area contributed by atoms with Gasteiger partial charge in [0.2, 0.25) is 5.75 Å². The van der Waals surface area contributed by atoms with Crippen molar-refractivity contribution in [3.05, 3.63) is 62.3 Å². The van der Waals surface area contributed by atoms with Crippen molar-refractivity contribution in [3.63, 3.8) is 0 Å². The zero-order valence-electron chi connectivity index (χ0n) is 17.1. The SMILES string of the molecule is C[C@@H](Oc1c(N)ncc2c(-c3csc(CN(C)C)c3)coc12)c1c(Cl)ccc(F)c1Cl. The molecule has 0 bridgehead atoms. The van der Waals surface area contributed by atoms with Crippen LogP contribution in [-0.2, 0) is 6.54 Å². The molecule has 4 aromatic rings. The Hall–Kier alpha value is -2.32. The van der Waals surface area contributed by atoms with E-state index in [9.17, 15) is 4.39 Å². The van der Waals surface area contributed by atoms with Crippen LogP contribution in [0.3, 0.4) is 0 Å². The van der Waals surface area contributed by atoms with Crippen LogP contribution in [-0.4, -0.2) is 24.0 Å². The fraction of sp³-hybridized carbons (Fsp3) is 0.227. The fourth-order valence-corrected chi connectivity index (χ4v) is 5.06. The van der Waals surface area contributed by atoms with Crippen molar-refractivity contribution in [3.8, 4) is 16.9 Å². The Morgan fingerprint density at radius 3 is 2.84 bits per heavy atom. The number of nitrogens with zero attached hydrogens (tertiary/aromatic N) is 2. The highest BCUT2D eigenvalue weighted by Crippen LogP contribution is 2.42. The van der Waals surface area contributed by atoms with Crippen LogP contribution in [0.15, 0.2) is 40.5 Å². The molecule has 3 aromatic heterocycles. The van der Waals surface area contributed by atoms with Crippen LogP contribution < -0.4 is 10.5 Å². The molecule has 0 aliphatic heterocycles. The molecule has 0 radical (unpaired) electrons. The number of pyridine rings is 1. The van der Waals surface area contributed by atoms with Crippen molar-refractivity contribution in [2.24, 2.45) is 0 Å². The van der Waals surface area contributed by atoms with Crippen molar-refractivity contribution in [1.82, 2.24) is 9.88 Å². The topological polar surface area (TPSA) is 64.5 Å². The molecule has 0 amide bonds. The molecule has 162 valence electrons. The van der Waals surface area contributed by atoms with Gasteiger partial charge in [0.25, 0.3) is 0 Å². The van der Waals surface area contributed by atoms with E-state index >= 15 is 0 Å². The fourth-order valence-electron chi connectivity index (χ4n) is 3.39. The number of benzene rings is 1. The first kappa shape index (κ1) is 21.9. The Morgan fingerprint density at radius 1 is 1.32 bits per heavy atom. The second kappa shape index (κ2) is 8.67. The highest BCUT2D eigenvalue weighted by molar-refractivity contribution is 7.10. The van der Waals surface area contributed by atoms with E-state index in [1.54, 1.807) is 30.7 Å². The van der Waals surface area contributed by atoms with E-state index in [1.165, 1.54) is 17.0 Å². The normalized spacial score (nSPS) is 12.6.